The van der Waals surface area contributed by atoms with Crippen molar-refractivity contribution in [2.45, 2.75) is 26.2 Å². The zero-order valence-corrected chi connectivity index (χ0v) is 15.1. The number of aliphatic hydroxyl groups excluding tert-OH is 1. The van der Waals surface area contributed by atoms with Gasteiger partial charge in [-0.15, -0.1) is 15.0 Å². The smallest absolute Gasteiger partial charge is 0.150 e. The molecule has 0 aliphatic rings. The van der Waals surface area contributed by atoms with Crippen molar-refractivity contribution in [3.63, 3.8) is 0 Å². The Hall–Kier alpha value is -2.31. The maximum atomic E-state index is 10.9. The van der Waals surface area contributed by atoms with Crippen molar-refractivity contribution in [3.8, 4) is 17.2 Å². The van der Waals surface area contributed by atoms with Gasteiger partial charge in [0.1, 0.15) is 29.1 Å². The minimum absolute atomic E-state index is 0.0503. The van der Waals surface area contributed by atoms with Crippen LogP contribution in [0.25, 0.3) is 16.7 Å². The van der Waals surface area contributed by atoms with Crippen LogP contribution in [0, 0.1) is 0 Å². The molecule has 0 radical (unpaired) electrons. The second kappa shape index (κ2) is 6.54. The Morgan fingerprint density at radius 1 is 1.12 bits per heavy atom. The van der Waals surface area contributed by atoms with Crippen LogP contribution >= 0.6 is 11.6 Å². The SMILES string of the molecule is CC(C)(C)c1c(OCCO)ccc(-n2nc3ccc(Cl)cc3n2)c1O. The molecule has 0 amide bonds. The Balaban J connectivity index is 2.15. The minimum Gasteiger partial charge on any atom is -0.505 e. The van der Waals surface area contributed by atoms with Crippen LogP contribution in [-0.4, -0.2) is 38.4 Å². The summed E-state index contributed by atoms with van der Waals surface area (Å²) in [5, 5.41) is 29.3. The van der Waals surface area contributed by atoms with E-state index >= 15 is 0 Å². The monoisotopic (exact) mass is 361 g/mol. The zero-order chi connectivity index (χ0) is 18.2. The summed E-state index contributed by atoms with van der Waals surface area (Å²) in [5.74, 6) is 0.580. The molecular weight excluding hydrogens is 342 g/mol. The highest BCUT2D eigenvalue weighted by Gasteiger charge is 2.26. The van der Waals surface area contributed by atoms with Gasteiger partial charge in [-0.05, 0) is 35.7 Å². The fourth-order valence-electron chi connectivity index (χ4n) is 2.72. The molecule has 0 unspecified atom stereocenters. The number of rotatable bonds is 4. The molecule has 0 saturated carbocycles. The van der Waals surface area contributed by atoms with Crippen molar-refractivity contribution in [2.24, 2.45) is 0 Å². The van der Waals surface area contributed by atoms with E-state index in [0.29, 0.717) is 33.1 Å². The van der Waals surface area contributed by atoms with Crippen molar-refractivity contribution in [1.29, 1.82) is 0 Å². The van der Waals surface area contributed by atoms with E-state index in [1.54, 1.807) is 30.3 Å². The van der Waals surface area contributed by atoms with Crippen LogP contribution in [0.5, 0.6) is 11.5 Å². The predicted octanol–water partition coefficient (Wildman–Crippen LogP) is 3.45. The number of nitrogens with zero attached hydrogens (tertiary/aromatic N) is 3. The highest BCUT2D eigenvalue weighted by atomic mass is 35.5. The van der Waals surface area contributed by atoms with Gasteiger partial charge in [-0.25, -0.2) is 0 Å². The average Bonchev–Trinajstić information content (AvgIpc) is 2.94. The molecule has 3 rings (SSSR count). The van der Waals surface area contributed by atoms with Crippen molar-refractivity contribution in [1.82, 2.24) is 15.0 Å². The van der Waals surface area contributed by atoms with E-state index in [0.717, 1.165) is 0 Å². The molecule has 6 nitrogen and oxygen atoms in total. The summed E-state index contributed by atoms with van der Waals surface area (Å²) in [6.45, 7) is 5.99. The lowest BCUT2D eigenvalue weighted by Crippen LogP contribution is -2.16. The van der Waals surface area contributed by atoms with Crippen LogP contribution in [0.3, 0.4) is 0 Å². The zero-order valence-electron chi connectivity index (χ0n) is 14.3. The van der Waals surface area contributed by atoms with Crippen LogP contribution in [0.15, 0.2) is 30.3 Å². The number of phenolic OH excluding ortho intramolecular Hbond substituents is 1. The molecule has 25 heavy (non-hydrogen) atoms. The van der Waals surface area contributed by atoms with Gasteiger partial charge in [0, 0.05) is 10.6 Å². The first-order valence-electron chi connectivity index (χ1n) is 7.94. The van der Waals surface area contributed by atoms with Gasteiger partial charge in [-0.1, -0.05) is 32.4 Å². The molecule has 132 valence electrons. The number of hydrogen-bond donors (Lipinski definition) is 2. The van der Waals surface area contributed by atoms with Crippen LogP contribution in [0.2, 0.25) is 5.02 Å². The second-order valence-electron chi connectivity index (χ2n) is 6.75. The van der Waals surface area contributed by atoms with E-state index < -0.39 is 0 Å². The number of benzene rings is 2. The second-order valence-corrected chi connectivity index (χ2v) is 7.19. The summed E-state index contributed by atoms with van der Waals surface area (Å²) in [4.78, 5) is 1.39. The summed E-state index contributed by atoms with van der Waals surface area (Å²) < 4.78 is 5.58. The fourth-order valence-corrected chi connectivity index (χ4v) is 2.89. The number of aromatic nitrogens is 3. The molecular formula is C18H20ClN3O3. The third kappa shape index (κ3) is 3.41. The molecule has 0 spiro atoms. The predicted molar refractivity (Wildman–Crippen MR) is 96.8 cm³/mol. The Kier molecular flexibility index (Phi) is 4.58. The normalized spacial score (nSPS) is 11.9. The minimum atomic E-state index is -0.374. The molecule has 0 atom stereocenters. The molecule has 1 aromatic heterocycles. The Morgan fingerprint density at radius 2 is 1.84 bits per heavy atom. The van der Waals surface area contributed by atoms with E-state index in [4.69, 9.17) is 21.4 Å². The molecule has 0 fully saturated rings. The Labute approximate surface area is 150 Å². The number of aromatic hydroxyl groups is 1. The highest BCUT2D eigenvalue weighted by molar-refractivity contribution is 6.31. The number of phenols is 1. The number of ether oxygens (including phenoxy) is 1. The first kappa shape index (κ1) is 17.5. The van der Waals surface area contributed by atoms with Gasteiger partial charge >= 0.3 is 0 Å². The molecule has 7 heteroatoms. The number of aliphatic hydroxyl groups is 1. The summed E-state index contributed by atoms with van der Waals surface area (Å²) in [5.41, 5.74) is 2.04. The first-order chi connectivity index (χ1) is 11.8. The Morgan fingerprint density at radius 3 is 2.52 bits per heavy atom. The number of halogens is 1. The van der Waals surface area contributed by atoms with Gasteiger partial charge in [0.15, 0.2) is 5.75 Å². The van der Waals surface area contributed by atoms with E-state index in [1.807, 2.05) is 20.8 Å². The van der Waals surface area contributed by atoms with Gasteiger partial charge in [0.2, 0.25) is 0 Å². The van der Waals surface area contributed by atoms with E-state index in [2.05, 4.69) is 10.2 Å². The third-order valence-corrected chi connectivity index (χ3v) is 4.01. The summed E-state index contributed by atoms with van der Waals surface area (Å²) in [6.07, 6.45) is 0. The van der Waals surface area contributed by atoms with Crippen LogP contribution in [0.1, 0.15) is 26.3 Å². The molecule has 3 aromatic rings. The van der Waals surface area contributed by atoms with Crippen LogP contribution in [-0.2, 0) is 5.41 Å². The van der Waals surface area contributed by atoms with E-state index in [1.165, 1.54) is 4.80 Å². The highest BCUT2D eigenvalue weighted by Crippen LogP contribution is 2.41. The fraction of sp³-hybridized carbons (Fsp3) is 0.333. The van der Waals surface area contributed by atoms with Gasteiger partial charge in [-0.2, -0.15) is 0 Å². The van der Waals surface area contributed by atoms with Gasteiger partial charge in [0.05, 0.1) is 6.61 Å². The summed E-state index contributed by atoms with van der Waals surface area (Å²) in [7, 11) is 0. The van der Waals surface area contributed by atoms with Crippen LogP contribution in [0.4, 0.5) is 0 Å². The lowest BCUT2D eigenvalue weighted by molar-refractivity contribution is 0.198. The molecule has 0 aliphatic carbocycles. The van der Waals surface area contributed by atoms with E-state index in [9.17, 15) is 5.11 Å². The largest absolute Gasteiger partial charge is 0.505 e. The van der Waals surface area contributed by atoms with Gasteiger partial charge in [-0.3, -0.25) is 0 Å². The van der Waals surface area contributed by atoms with Gasteiger partial charge in [0.25, 0.3) is 0 Å². The molecule has 2 N–H and O–H groups in total. The third-order valence-electron chi connectivity index (χ3n) is 3.78. The van der Waals surface area contributed by atoms with E-state index in [-0.39, 0.29) is 24.4 Å². The van der Waals surface area contributed by atoms with Crippen molar-refractivity contribution >= 4 is 22.6 Å². The number of fused-ring (bicyclic) bond motifs is 1. The Bertz CT molecular complexity index is 916. The summed E-state index contributed by atoms with van der Waals surface area (Å²) >= 11 is 6.00. The maximum absolute atomic E-state index is 10.9. The van der Waals surface area contributed by atoms with Gasteiger partial charge < -0.3 is 14.9 Å². The molecule has 0 bridgehead atoms. The van der Waals surface area contributed by atoms with Crippen molar-refractivity contribution in [2.75, 3.05) is 13.2 Å². The lowest BCUT2D eigenvalue weighted by atomic mass is 9.85. The molecule has 2 aromatic carbocycles. The summed E-state index contributed by atoms with van der Waals surface area (Å²) in [6, 6.07) is 8.70. The van der Waals surface area contributed by atoms with Crippen LogP contribution < -0.4 is 4.74 Å². The first-order valence-corrected chi connectivity index (χ1v) is 8.32. The molecule has 1 heterocycles. The number of hydrogen-bond acceptors (Lipinski definition) is 5. The van der Waals surface area contributed by atoms with Crippen molar-refractivity contribution in [3.05, 3.63) is 40.9 Å². The standard InChI is InChI=1S/C18H20ClN3O3/c1-18(2,3)16-15(25-9-8-23)7-6-14(17(16)24)22-20-12-5-4-11(19)10-13(12)21-22/h4-7,10,23-24H,8-9H2,1-3H3. The maximum Gasteiger partial charge on any atom is 0.150 e. The molecule has 0 aliphatic heterocycles. The topological polar surface area (TPSA) is 80.4 Å². The average molecular weight is 362 g/mol. The molecule has 0 saturated heterocycles. The quantitative estimate of drug-likeness (QED) is 0.744. The lowest BCUT2D eigenvalue weighted by Gasteiger charge is -2.25. The van der Waals surface area contributed by atoms with Crippen molar-refractivity contribution < 1.29 is 14.9 Å².